The van der Waals surface area contributed by atoms with E-state index in [4.69, 9.17) is 0 Å². The number of nitrogens with zero attached hydrogens (tertiary/aromatic N) is 3. The van der Waals surface area contributed by atoms with Crippen LogP contribution in [0.1, 0.15) is 66.1 Å². The van der Waals surface area contributed by atoms with Crippen LogP contribution in [0, 0.1) is 0 Å². The van der Waals surface area contributed by atoms with E-state index < -0.39 is 0 Å². The van der Waals surface area contributed by atoms with E-state index in [0.29, 0.717) is 34.4 Å². The average Bonchev–Trinajstić information content (AvgIpc) is 3.33. The molecular weight excluding hydrogens is 498 g/mol. The van der Waals surface area contributed by atoms with E-state index in [1.54, 1.807) is 16.0 Å². The molecule has 3 aliphatic rings. The second-order valence-corrected chi connectivity index (χ2v) is 11.3. The Balaban J connectivity index is 1.30. The van der Waals surface area contributed by atoms with E-state index in [1.165, 1.54) is 55.1 Å². The first kappa shape index (κ1) is 24.6. The van der Waals surface area contributed by atoms with Gasteiger partial charge in [-0.1, -0.05) is 38.0 Å². The molecule has 4 heterocycles. The van der Waals surface area contributed by atoms with Gasteiger partial charge in [0.05, 0.1) is 22.4 Å². The Morgan fingerprint density at radius 2 is 1.97 bits per heavy atom. The average molecular weight is 530 g/mol. The maximum absolute atomic E-state index is 13.5. The van der Waals surface area contributed by atoms with Gasteiger partial charge in [-0.05, 0) is 61.4 Å². The highest BCUT2D eigenvalue weighted by molar-refractivity contribution is 7.21. The normalized spacial score (nSPS) is 19.8. The van der Waals surface area contributed by atoms with Crippen LogP contribution in [0.25, 0.3) is 10.2 Å². The molecule has 1 aromatic carbocycles. The van der Waals surface area contributed by atoms with Gasteiger partial charge >= 0.3 is 6.03 Å². The van der Waals surface area contributed by atoms with Gasteiger partial charge in [0, 0.05) is 25.3 Å². The molecule has 6 rings (SSSR count). The third-order valence-electron chi connectivity index (χ3n) is 7.90. The number of piperidine rings is 1. The Kier molecular flexibility index (Phi) is 6.61. The van der Waals surface area contributed by atoms with E-state index in [0.717, 1.165) is 29.6 Å². The van der Waals surface area contributed by atoms with Crippen molar-refractivity contribution in [1.29, 1.82) is 0 Å². The summed E-state index contributed by atoms with van der Waals surface area (Å²) in [5.74, 6) is 0.132. The summed E-state index contributed by atoms with van der Waals surface area (Å²) >= 11 is 1.27. The van der Waals surface area contributed by atoms with Crippen molar-refractivity contribution in [1.82, 2.24) is 15.2 Å². The standard InChI is InChI=1S/C29H31N5O3S/c1-2-23(35)33-15-7-11-20(17-33)31-27(36)26-25-24-22(13-14-30-28(24)38-26)34(29(37)32-25)21-12-6-10-19(16-21)18-8-4-3-5-9-18/h2,6,10,12-14,16,18,20H,1,3-5,7-9,11,15,17H2,(H,31,36)(H,32,37)/t20-/m1/s1. The number of urea groups is 1. The number of rotatable bonds is 5. The van der Waals surface area contributed by atoms with Crippen LogP contribution in [0.3, 0.4) is 0 Å². The lowest BCUT2D eigenvalue weighted by Crippen LogP contribution is -2.49. The van der Waals surface area contributed by atoms with Crippen LogP contribution in [-0.4, -0.2) is 46.9 Å². The molecule has 38 heavy (non-hydrogen) atoms. The Labute approximate surface area is 225 Å². The zero-order valence-corrected chi connectivity index (χ0v) is 22.1. The Morgan fingerprint density at radius 1 is 1.13 bits per heavy atom. The number of nitrogens with one attached hydrogen (secondary N) is 2. The van der Waals surface area contributed by atoms with E-state index in [-0.39, 0.29) is 23.9 Å². The van der Waals surface area contributed by atoms with Crippen molar-refractivity contribution < 1.29 is 14.4 Å². The summed E-state index contributed by atoms with van der Waals surface area (Å²) in [6.45, 7) is 4.67. The van der Waals surface area contributed by atoms with Crippen molar-refractivity contribution in [3.05, 3.63) is 59.6 Å². The summed E-state index contributed by atoms with van der Waals surface area (Å²) in [4.78, 5) is 48.0. The number of hydrogen-bond acceptors (Lipinski definition) is 5. The first-order valence-electron chi connectivity index (χ1n) is 13.4. The van der Waals surface area contributed by atoms with Crippen LogP contribution < -0.4 is 15.5 Å². The van der Waals surface area contributed by atoms with Crippen molar-refractivity contribution in [2.45, 2.75) is 56.9 Å². The summed E-state index contributed by atoms with van der Waals surface area (Å²) in [7, 11) is 0. The fourth-order valence-corrected chi connectivity index (χ4v) is 7.05. The van der Waals surface area contributed by atoms with Crippen molar-refractivity contribution in [2.75, 3.05) is 23.3 Å². The number of anilines is 3. The van der Waals surface area contributed by atoms with Gasteiger partial charge in [-0.25, -0.2) is 9.78 Å². The first-order valence-corrected chi connectivity index (χ1v) is 14.2. The predicted octanol–water partition coefficient (Wildman–Crippen LogP) is 5.93. The van der Waals surface area contributed by atoms with Crippen LogP contribution in [0.15, 0.2) is 49.2 Å². The highest BCUT2D eigenvalue weighted by Gasteiger charge is 2.34. The second-order valence-electron chi connectivity index (χ2n) is 10.3. The number of carbonyl (C=O) groups is 3. The monoisotopic (exact) mass is 529 g/mol. The number of thiophene rings is 1. The maximum Gasteiger partial charge on any atom is 0.331 e. The largest absolute Gasteiger partial charge is 0.347 e. The minimum atomic E-state index is -0.293. The van der Waals surface area contributed by atoms with Gasteiger partial charge in [0.1, 0.15) is 9.71 Å². The molecule has 4 amide bonds. The Hall–Kier alpha value is -3.72. The molecule has 1 saturated carbocycles. The quantitative estimate of drug-likeness (QED) is 0.400. The molecule has 0 unspecified atom stereocenters. The number of likely N-dealkylation sites (tertiary alicyclic amines) is 1. The van der Waals surface area contributed by atoms with Crippen molar-refractivity contribution >= 4 is 56.5 Å². The zero-order chi connectivity index (χ0) is 26.2. The van der Waals surface area contributed by atoms with E-state index in [1.807, 2.05) is 18.2 Å². The molecule has 9 heteroatoms. The highest BCUT2D eigenvalue weighted by atomic mass is 32.1. The molecule has 0 bridgehead atoms. The minimum absolute atomic E-state index is 0.130. The molecule has 1 aliphatic carbocycles. The Morgan fingerprint density at radius 3 is 2.79 bits per heavy atom. The van der Waals surface area contributed by atoms with E-state index in [2.05, 4.69) is 34.3 Å². The van der Waals surface area contributed by atoms with Gasteiger partial charge in [-0.2, -0.15) is 0 Å². The first-order chi connectivity index (χ1) is 18.5. The topological polar surface area (TPSA) is 94.6 Å². The summed E-state index contributed by atoms with van der Waals surface area (Å²) in [6.07, 6.45) is 10.7. The summed E-state index contributed by atoms with van der Waals surface area (Å²) in [6, 6.07) is 9.66. The fourth-order valence-electron chi connectivity index (χ4n) is 6.03. The van der Waals surface area contributed by atoms with E-state index in [9.17, 15) is 14.4 Å². The predicted molar refractivity (Wildman–Crippen MR) is 150 cm³/mol. The number of carbonyl (C=O) groups excluding carboxylic acids is 3. The fraction of sp³-hybridized carbons (Fsp3) is 0.379. The summed E-state index contributed by atoms with van der Waals surface area (Å²) < 4.78 is 0. The van der Waals surface area contributed by atoms with Crippen molar-refractivity contribution in [3.63, 3.8) is 0 Å². The van der Waals surface area contributed by atoms with Crippen LogP contribution in [0.2, 0.25) is 0 Å². The molecule has 1 atom stereocenters. The maximum atomic E-state index is 13.5. The van der Waals surface area contributed by atoms with Gasteiger partial charge < -0.3 is 15.5 Å². The van der Waals surface area contributed by atoms with Crippen molar-refractivity contribution in [2.24, 2.45) is 0 Å². The molecule has 196 valence electrons. The van der Waals surface area contributed by atoms with Crippen LogP contribution >= 0.6 is 11.3 Å². The molecule has 0 radical (unpaired) electrons. The number of aromatic nitrogens is 1. The SMILES string of the molecule is C=CC(=O)N1CCC[C@@H](NC(=O)c2sc3nccc4c3c2NC(=O)N4c2cccc(C3CCCCC3)c2)C1. The molecule has 2 aromatic heterocycles. The molecular formula is C29H31N5O3S. The smallest absolute Gasteiger partial charge is 0.331 e. The molecule has 2 N–H and O–H groups in total. The third-order valence-corrected chi connectivity index (χ3v) is 9.00. The van der Waals surface area contributed by atoms with Gasteiger partial charge in [0.2, 0.25) is 5.91 Å². The van der Waals surface area contributed by atoms with Gasteiger partial charge in [-0.15, -0.1) is 11.3 Å². The van der Waals surface area contributed by atoms with Gasteiger partial charge in [0.15, 0.2) is 0 Å². The molecule has 0 spiro atoms. The number of benzene rings is 1. The number of amides is 4. The lowest BCUT2D eigenvalue weighted by atomic mass is 9.84. The molecule has 2 aliphatic heterocycles. The van der Waals surface area contributed by atoms with Crippen LogP contribution in [-0.2, 0) is 4.79 Å². The molecule has 2 fully saturated rings. The lowest BCUT2D eigenvalue weighted by Gasteiger charge is -2.32. The second kappa shape index (κ2) is 10.2. The number of hydrogen-bond donors (Lipinski definition) is 2. The van der Waals surface area contributed by atoms with Crippen molar-refractivity contribution in [3.8, 4) is 0 Å². The zero-order valence-electron chi connectivity index (χ0n) is 21.2. The number of pyridine rings is 1. The third kappa shape index (κ3) is 4.45. The minimum Gasteiger partial charge on any atom is -0.347 e. The van der Waals surface area contributed by atoms with E-state index >= 15 is 0 Å². The molecule has 3 aromatic rings. The van der Waals surface area contributed by atoms with Gasteiger partial charge in [0.25, 0.3) is 5.91 Å². The lowest BCUT2D eigenvalue weighted by molar-refractivity contribution is -0.127. The molecule has 1 saturated heterocycles. The Bertz CT molecular complexity index is 1430. The summed E-state index contributed by atoms with van der Waals surface area (Å²) in [5, 5.41) is 6.84. The summed E-state index contributed by atoms with van der Waals surface area (Å²) in [5.41, 5.74) is 3.32. The highest BCUT2D eigenvalue weighted by Crippen LogP contribution is 2.46. The van der Waals surface area contributed by atoms with Crippen LogP contribution in [0.4, 0.5) is 21.9 Å². The molecule has 8 nitrogen and oxygen atoms in total. The van der Waals surface area contributed by atoms with Crippen LogP contribution in [0.5, 0.6) is 0 Å². The van der Waals surface area contributed by atoms with Gasteiger partial charge in [-0.3, -0.25) is 14.5 Å².